The van der Waals surface area contributed by atoms with Crippen molar-refractivity contribution < 1.29 is 19.3 Å². The summed E-state index contributed by atoms with van der Waals surface area (Å²) in [4.78, 5) is 2.49. The van der Waals surface area contributed by atoms with Crippen LogP contribution in [0.25, 0.3) is 22.2 Å². The predicted molar refractivity (Wildman–Crippen MR) is 148 cm³/mol. The van der Waals surface area contributed by atoms with Gasteiger partial charge in [0.25, 0.3) is 0 Å². The van der Waals surface area contributed by atoms with Crippen LogP contribution in [0, 0.1) is 6.92 Å². The lowest BCUT2D eigenvalue weighted by Crippen LogP contribution is -2.33. The van der Waals surface area contributed by atoms with Crippen LogP contribution in [0.1, 0.15) is 30.4 Å². The second-order valence-corrected chi connectivity index (χ2v) is 9.72. The highest BCUT2D eigenvalue weighted by atomic mass is 35.5. The molecule has 1 fully saturated rings. The van der Waals surface area contributed by atoms with Gasteiger partial charge >= 0.3 is 0 Å². The van der Waals surface area contributed by atoms with Crippen LogP contribution >= 0.6 is 12.4 Å². The number of phenolic OH excluding ortho intramolecular Hbond substituents is 1. The van der Waals surface area contributed by atoms with Crippen LogP contribution < -0.4 is 14.2 Å². The van der Waals surface area contributed by atoms with Gasteiger partial charge in [0, 0.05) is 29.6 Å². The highest BCUT2D eigenvalue weighted by Crippen LogP contribution is 2.40. The van der Waals surface area contributed by atoms with Gasteiger partial charge in [0.05, 0.1) is 5.69 Å². The van der Waals surface area contributed by atoms with Crippen LogP contribution in [-0.2, 0) is 6.54 Å². The molecule has 0 unspecified atom stereocenters. The highest BCUT2D eigenvalue weighted by Gasteiger charge is 2.20. The van der Waals surface area contributed by atoms with Gasteiger partial charge in [-0.3, -0.25) is 4.90 Å². The summed E-state index contributed by atoms with van der Waals surface area (Å²) >= 11 is 0. The fraction of sp³-hybridized carbons (Fsp3) is 0.333. The molecule has 1 aromatic heterocycles. The van der Waals surface area contributed by atoms with Crippen molar-refractivity contribution in [1.82, 2.24) is 9.47 Å². The summed E-state index contributed by atoms with van der Waals surface area (Å²) in [6.07, 6.45) is 3.96. The van der Waals surface area contributed by atoms with Gasteiger partial charge in [0.1, 0.15) is 18.1 Å². The normalized spacial score (nSPS) is 15.1. The van der Waals surface area contributed by atoms with Crippen molar-refractivity contribution in [2.24, 2.45) is 0 Å². The van der Waals surface area contributed by atoms with E-state index in [0.717, 1.165) is 58.1 Å². The number of benzene rings is 3. The fourth-order valence-electron chi connectivity index (χ4n) is 5.44. The van der Waals surface area contributed by atoms with E-state index < -0.39 is 0 Å². The molecule has 0 spiro atoms. The molecule has 3 heterocycles. The number of ether oxygens (including phenoxy) is 3. The number of nitrogens with zero attached hydrogens (tertiary/aromatic N) is 2. The van der Waals surface area contributed by atoms with E-state index in [4.69, 9.17) is 14.2 Å². The molecule has 0 radical (unpaired) electrons. The molecular formula is C30H33ClN2O4. The Morgan fingerprint density at radius 1 is 0.892 bits per heavy atom. The lowest BCUT2D eigenvalue weighted by Gasteiger charge is -2.26. The Balaban J connectivity index is 0.00000280. The molecule has 6 nitrogen and oxygen atoms in total. The second kappa shape index (κ2) is 11.0. The number of aryl methyl sites for hydroxylation is 1. The minimum Gasteiger partial charge on any atom is -0.508 e. The zero-order valence-corrected chi connectivity index (χ0v) is 21.9. The topological polar surface area (TPSA) is 56.1 Å². The summed E-state index contributed by atoms with van der Waals surface area (Å²) in [5.74, 6) is 2.71. The van der Waals surface area contributed by atoms with Crippen molar-refractivity contribution in [1.29, 1.82) is 0 Å². The fourth-order valence-corrected chi connectivity index (χ4v) is 5.44. The Hall–Kier alpha value is -3.35. The molecule has 4 aromatic rings. The molecule has 7 heteroatoms. The molecule has 0 aliphatic carbocycles. The molecule has 37 heavy (non-hydrogen) atoms. The van der Waals surface area contributed by atoms with E-state index in [0.29, 0.717) is 6.54 Å². The molecule has 0 bridgehead atoms. The van der Waals surface area contributed by atoms with Gasteiger partial charge in [0.15, 0.2) is 11.5 Å². The van der Waals surface area contributed by atoms with Gasteiger partial charge in [-0.1, -0.05) is 18.6 Å². The number of hydrogen-bond acceptors (Lipinski definition) is 5. The number of halogens is 1. The summed E-state index contributed by atoms with van der Waals surface area (Å²) in [7, 11) is 0. The number of piperidine rings is 1. The Kier molecular flexibility index (Phi) is 7.49. The number of hydrogen-bond donors (Lipinski definition) is 1. The molecule has 194 valence electrons. The third-order valence-corrected chi connectivity index (χ3v) is 7.34. The van der Waals surface area contributed by atoms with Gasteiger partial charge in [-0.2, -0.15) is 0 Å². The Morgan fingerprint density at radius 3 is 2.49 bits per heavy atom. The van der Waals surface area contributed by atoms with Crippen LogP contribution in [0.3, 0.4) is 0 Å². The Bertz CT molecular complexity index is 1380. The maximum absolute atomic E-state index is 10.2. The van der Waals surface area contributed by atoms with Crippen molar-refractivity contribution >= 4 is 23.3 Å². The number of fused-ring (bicyclic) bond motifs is 2. The Morgan fingerprint density at radius 2 is 1.68 bits per heavy atom. The van der Waals surface area contributed by atoms with Crippen LogP contribution in [-0.4, -0.2) is 47.6 Å². The van der Waals surface area contributed by atoms with Crippen molar-refractivity contribution in [2.75, 3.05) is 33.0 Å². The van der Waals surface area contributed by atoms with E-state index in [1.54, 1.807) is 6.07 Å². The molecule has 3 aromatic carbocycles. The average Bonchev–Trinajstić information content (AvgIpc) is 3.47. The molecule has 0 atom stereocenters. The zero-order chi connectivity index (χ0) is 24.5. The van der Waals surface area contributed by atoms with E-state index >= 15 is 0 Å². The maximum atomic E-state index is 10.2. The van der Waals surface area contributed by atoms with Gasteiger partial charge in [-0.15, -0.1) is 12.4 Å². The van der Waals surface area contributed by atoms with Gasteiger partial charge in [-0.05, 0) is 92.5 Å². The molecule has 0 amide bonds. The first-order valence-corrected chi connectivity index (χ1v) is 12.8. The lowest BCUT2D eigenvalue weighted by molar-refractivity contribution is 0.174. The van der Waals surface area contributed by atoms with E-state index in [2.05, 4.69) is 46.7 Å². The first-order valence-electron chi connectivity index (χ1n) is 12.8. The molecule has 0 saturated carbocycles. The van der Waals surface area contributed by atoms with Crippen molar-refractivity contribution in [2.45, 2.75) is 32.7 Å². The number of aromatic nitrogens is 1. The summed E-state index contributed by atoms with van der Waals surface area (Å²) in [5.41, 5.74) is 5.56. The molecule has 1 N–H and O–H groups in total. The summed E-state index contributed by atoms with van der Waals surface area (Å²) in [5, 5.41) is 11.2. The molecule has 6 rings (SSSR count). The minimum absolute atomic E-state index is 0. The van der Waals surface area contributed by atoms with Crippen LogP contribution in [0.15, 0.2) is 60.7 Å². The molecule has 2 aliphatic rings. The van der Waals surface area contributed by atoms with Gasteiger partial charge < -0.3 is 23.9 Å². The van der Waals surface area contributed by atoms with Crippen molar-refractivity contribution in [3.8, 4) is 34.3 Å². The summed E-state index contributed by atoms with van der Waals surface area (Å²) in [6.45, 7) is 7.15. The van der Waals surface area contributed by atoms with Crippen LogP contribution in [0.5, 0.6) is 23.0 Å². The standard InChI is InChI=1S/C30H32N2O4.ClH/c1-21-26-18-24(33)8-11-27(26)32(30(21)23-7-12-28-29(17-23)36-20-35-28)19-22-5-9-25(10-6-22)34-16-15-31-13-3-2-4-14-31;/h5-12,17-18,33H,2-4,13-16,19-20H2,1H3;1H. The lowest BCUT2D eigenvalue weighted by atomic mass is 10.1. The second-order valence-electron chi connectivity index (χ2n) is 9.72. The smallest absolute Gasteiger partial charge is 0.231 e. The Labute approximate surface area is 223 Å². The monoisotopic (exact) mass is 520 g/mol. The molecule has 1 saturated heterocycles. The van der Waals surface area contributed by atoms with Crippen LogP contribution in [0.2, 0.25) is 0 Å². The van der Waals surface area contributed by atoms with Crippen molar-refractivity contribution in [3.63, 3.8) is 0 Å². The minimum atomic E-state index is 0. The zero-order valence-electron chi connectivity index (χ0n) is 21.1. The highest BCUT2D eigenvalue weighted by molar-refractivity contribution is 5.93. The van der Waals surface area contributed by atoms with E-state index in [1.807, 2.05) is 24.3 Å². The predicted octanol–water partition coefficient (Wildman–Crippen LogP) is 6.39. The third kappa shape index (κ3) is 5.22. The quantitative estimate of drug-likeness (QED) is 0.306. The molecule has 2 aliphatic heterocycles. The van der Waals surface area contributed by atoms with Crippen molar-refractivity contribution in [3.05, 3.63) is 71.8 Å². The number of likely N-dealkylation sites (tertiary alicyclic amines) is 1. The van der Waals surface area contributed by atoms with Gasteiger partial charge in [-0.25, -0.2) is 0 Å². The van der Waals surface area contributed by atoms with E-state index in [1.165, 1.54) is 37.9 Å². The summed E-state index contributed by atoms with van der Waals surface area (Å²) in [6, 6.07) is 20.1. The first-order chi connectivity index (χ1) is 17.7. The van der Waals surface area contributed by atoms with E-state index in [-0.39, 0.29) is 24.9 Å². The summed E-state index contributed by atoms with van der Waals surface area (Å²) < 4.78 is 19.5. The molecular weight excluding hydrogens is 488 g/mol. The maximum Gasteiger partial charge on any atom is 0.231 e. The first kappa shape index (κ1) is 25.3. The SMILES string of the molecule is Cc1c(-c2ccc3c(c2)OCO3)n(Cc2ccc(OCCN3CCCCC3)cc2)c2ccc(O)cc12.Cl. The third-order valence-electron chi connectivity index (χ3n) is 7.34. The van der Waals surface area contributed by atoms with E-state index in [9.17, 15) is 5.11 Å². The number of rotatable bonds is 7. The van der Waals surface area contributed by atoms with Crippen LogP contribution in [0.4, 0.5) is 0 Å². The largest absolute Gasteiger partial charge is 0.508 e. The average molecular weight is 521 g/mol. The number of phenols is 1. The van der Waals surface area contributed by atoms with Gasteiger partial charge in [0.2, 0.25) is 6.79 Å². The number of aromatic hydroxyl groups is 1.